The fourth-order valence-electron chi connectivity index (χ4n) is 4.18. The van der Waals surface area contributed by atoms with Gasteiger partial charge in [0.2, 0.25) is 5.88 Å². The van der Waals surface area contributed by atoms with Crippen molar-refractivity contribution in [2.75, 3.05) is 26.2 Å². The quantitative estimate of drug-likeness (QED) is 0.635. The molecule has 0 aliphatic carbocycles. The minimum Gasteiger partial charge on any atom is -0.493 e. The number of piperidine rings is 2. The summed E-state index contributed by atoms with van der Waals surface area (Å²) in [6.45, 7) is 3.71. The third kappa shape index (κ3) is 4.17. The van der Waals surface area contributed by atoms with Gasteiger partial charge in [-0.15, -0.1) is 10.2 Å². The van der Waals surface area contributed by atoms with E-state index in [0.29, 0.717) is 25.1 Å². The van der Waals surface area contributed by atoms with Gasteiger partial charge in [-0.05, 0) is 51.3 Å². The molecule has 1 aromatic carbocycles. The zero-order valence-corrected chi connectivity index (χ0v) is 16.6. The SMILES string of the molecule is O=C(N=Nc1c(O)n(CN2CCCCC2)c2ccccc12)C(=O)N1CCCCC1. The molecule has 0 spiro atoms. The van der Waals surface area contributed by atoms with Crippen molar-refractivity contribution in [3.8, 4) is 5.88 Å². The second-order valence-electron chi connectivity index (χ2n) is 7.80. The van der Waals surface area contributed by atoms with Crippen LogP contribution in [0.3, 0.4) is 0 Å². The number of hydrogen-bond donors (Lipinski definition) is 1. The molecule has 2 aliphatic heterocycles. The maximum Gasteiger partial charge on any atom is 0.353 e. The molecule has 0 bridgehead atoms. The van der Waals surface area contributed by atoms with Crippen LogP contribution in [-0.4, -0.2) is 57.5 Å². The van der Waals surface area contributed by atoms with Crippen molar-refractivity contribution in [1.29, 1.82) is 0 Å². The van der Waals surface area contributed by atoms with Gasteiger partial charge < -0.3 is 10.0 Å². The van der Waals surface area contributed by atoms with Gasteiger partial charge in [-0.1, -0.05) is 24.6 Å². The maximum atomic E-state index is 12.3. The summed E-state index contributed by atoms with van der Waals surface area (Å²) in [5.74, 6) is -1.54. The molecule has 0 atom stereocenters. The Labute approximate surface area is 169 Å². The summed E-state index contributed by atoms with van der Waals surface area (Å²) in [5.41, 5.74) is 1.07. The molecule has 0 saturated carbocycles. The molecule has 0 unspecified atom stereocenters. The second kappa shape index (κ2) is 8.73. The van der Waals surface area contributed by atoms with Gasteiger partial charge >= 0.3 is 11.8 Å². The van der Waals surface area contributed by atoms with Crippen LogP contribution in [0.25, 0.3) is 10.9 Å². The average molecular weight is 397 g/mol. The molecule has 1 aromatic heterocycles. The molecule has 1 N–H and O–H groups in total. The highest BCUT2D eigenvalue weighted by Crippen LogP contribution is 2.39. The van der Waals surface area contributed by atoms with E-state index in [9.17, 15) is 14.7 Å². The van der Waals surface area contributed by atoms with Gasteiger partial charge in [-0.3, -0.25) is 19.1 Å². The number of carbonyl (C=O) groups is 2. The Balaban J connectivity index is 1.58. The van der Waals surface area contributed by atoms with Gasteiger partial charge in [-0.2, -0.15) is 0 Å². The van der Waals surface area contributed by atoms with Crippen LogP contribution in [0.1, 0.15) is 38.5 Å². The van der Waals surface area contributed by atoms with Crippen LogP contribution < -0.4 is 0 Å². The number of likely N-dealkylation sites (tertiary alicyclic amines) is 2. The molecular weight excluding hydrogens is 370 g/mol. The normalized spacial score (nSPS) is 18.6. The minimum absolute atomic E-state index is 0.0289. The van der Waals surface area contributed by atoms with Crippen molar-refractivity contribution in [2.45, 2.75) is 45.2 Å². The average Bonchev–Trinajstić information content (AvgIpc) is 3.04. The molecule has 0 radical (unpaired) electrons. The summed E-state index contributed by atoms with van der Waals surface area (Å²) in [4.78, 5) is 28.3. The van der Waals surface area contributed by atoms with Crippen LogP contribution in [0.2, 0.25) is 0 Å². The zero-order chi connectivity index (χ0) is 20.2. The lowest BCUT2D eigenvalue weighted by atomic mass is 10.1. The summed E-state index contributed by atoms with van der Waals surface area (Å²) in [7, 11) is 0. The Bertz CT molecular complexity index is 924. The lowest BCUT2D eigenvalue weighted by Crippen LogP contribution is -2.39. The summed E-state index contributed by atoms with van der Waals surface area (Å²) in [6, 6.07) is 7.51. The van der Waals surface area contributed by atoms with Gasteiger partial charge in [0, 0.05) is 18.5 Å². The number of aromatic hydroxyl groups is 1. The number of hydrogen-bond acceptors (Lipinski definition) is 5. The molecular formula is C21H27N5O3. The third-order valence-electron chi connectivity index (χ3n) is 5.77. The van der Waals surface area contributed by atoms with E-state index < -0.39 is 11.8 Å². The van der Waals surface area contributed by atoms with Gasteiger partial charge in [0.05, 0.1) is 12.2 Å². The molecule has 2 saturated heterocycles. The van der Waals surface area contributed by atoms with E-state index in [0.717, 1.165) is 50.7 Å². The fraction of sp³-hybridized carbons (Fsp3) is 0.524. The van der Waals surface area contributed by atoms with Crippen LogP contribution in [0.4, 0.5) is 5.69 Å². The van der Waals surface area contributed by atoms with Crippen LogP contribution >= 0.6 is 0 Å². The van der Waals surface area contributed by atoms with Crippen LogP contribution in [0.15, 0.2) is 34.5 Å². The molecule has 2 aromatic rings. The third-order valence-corrected chi connectivity index (χ3v) is 5.77. The highest BCUT2D eigenvalue weighted by Gasteiger charge is 2.24. The van der Waals surface area contributed by atoms with E-state index in [1.807, 2.05) is 24.3 Å². The molecule has 2 amide bonds. The van der Waals surface area contributed by atoms with Gasteiger partial charge in [0.15, 0.2) is 5.69 Å². The number of rotatable bonds is 3. The first-order chi connectivity index (χ1) is 14.1. The minimum atomic E-state index is -0.890. The Morgan fingerprint density at radius 1 is 0.931 bits per heavy atom. The van der Waals surface area contributed by atoms with Crippen molar-refractivity contribution < 1.29 is 14.7 Å². The number of azo groups is 1. The molecule has 3 heterocycles. The topological polar surface area (TPSA) is 90.5 Å². The maximum absolute atomic E-state index is 12.3. The van der Waals surface area contributed by atoms with Crippen molar-refractivity contribution in [3.63, 3.8) is 0 Å². The largest absolute Gasteiger partial charge is 0.493 e. The lowest BCUT2D eigenvalue weighted by Gasteiger charge is -2.27. The predicted molar refractivity (Wildman–Crippen MR) is 109 cm³/mol. The monoisotopic (exact) mass is 397 g/mol. The van der Waals surface area contributed by atoms with Crippen molar-refractivity contribution in [1.82, 2.24) is 14.4 Å². The first-order valence-electron chi connectivity index (χ1n) is 10.4. The summed E-state index contributed by atoms with van der Waals surface area (Å²) >= 11 is 0. The molecule has 2 fully saturated rings. The second-order valence-corrected chi connectivity index (χ2v) is 7.80. The molecule has 8 nitrogen and oxygen atoms in total. The summed E-state index contributed by atoms with van der Waals surface area (Å²) < 4.78 is 1.80. The first kappa shape index (κ1) is 19.6. The molecule has 29 heavy (non-hydrogen) atoms. The van der Waals surface area contributed by atoms with Crippen LogP contribution in [0.5, 0.6) is 5.88 Å². The van der Waals surface area contributed by atoms with Crippen molar-refractivity contribution >= 4 is 28.4 Å². The predicted octanol–water partition coefficient (Wildman–Crippen LogP) is 3.41. The van der Waals surface area contributed by atoms with E-state index in [1.54, 1.807) is 4.57 Å². The molecule has 2 aliphatic rings. The lowest BCUT2D eigenvalue weighted by molar-refractivity contribution is -0.144. The number of benzene rings is 1. The van der Waals surface area contributed by atoms with Gasteiger partial charge in [-0.25, -0.2) is 0 Å². The van der Waals surface area contributed by atoms with Crippen LogP contribution in [-0.2, 0) is 16.3 Å². The zero-order valence-electron chi connectivity index (χ0n) is 16.6. The van der Waals surface area contributed by atoms with Gasteiger partial charge in [0.25, 0.3) is 0 Å². The Morgan fingerprint density at radius 2 is 1.59 bits per heavy atom. The van der Waals surface area contributed by atoms with E-state index in [-0.39, 0.29) is 11.6 Å². The number of nitrogens with zero attached hydrogens (tertiary/aromatic N) is 5. The number of amides is 2. The van der Waals surface area contributed by atoms with E-state index >= 15 is 0 Å². The number of aromatic nitrogens is 1. The Morgan fingerprint density at radius 3 is 2.31 bits per heavy atom. The number of fused-ring (bicyclic) bond motifs is 1. The number of para-hydroxylation sites is 1. The Hall–Kier alpha value is -2.74. The summed E-state index contributed by atoms with van der Waals surface area (Å²) in [6.07, 6.45) is 6.42. The highest BCUT2D eigenvalue weighted by molar-refractivity contribution is 6.35. The van der Waals surface area contributed by atoms with E-state index in [1.165, 1.54) is 11.3 Å². The number of carbonyl (C=O) groups excluding carboxylic acids is 2. The smallest absolute Gasteiger partial charge is 0.353 e. The molecule has 4 rings (SSSR count). The van der Waals surface area contributed by atoms with Gasteiger partial charge in [0.1, 0.15) is 0 Å². The van der Waals surface area contributed by atoms with Crippen LogP contribution in [0, 0.1) is 0 Å². The summed E-state index contributed by atoms with van der Waals surface area (Å²) in [5, 5.41) is 19.2. The van der Waals surface area contributed by atoms with Crippen molar-refractivity contribution in [2.24, 2.45) is 10.2 Å². The van der Waals surface area contributed by atoms with Crippen molar-refractivity contribution in [3.05, 3.63) is 24.3 Å². The fourth-order valence-corrected chi connectivity index (χ4v) is 4.18. The first-order valence-corrected chi connectivity index (χ1v) is 10.4. The Kier molecular flexibility index (Phi) is 5.89. The van der Waals surface area contributed by atoms with E-state index in [4.69, 9.17) is 0 Å². The van der Waals surface area contributed by atoms with E-state index in [2.05, 4.69) is 15.1 Å². The molecule has 154 valence electrons. The standard InChI is InChI=1S/C21H27N5O3/c27-19(21(29)25-13-7-2-8-14-25)23-22-18-16-9-3-4-10-17(16)26(20(18)28)15-24-11-5-1-6-12-24/h3-4,9-10,28H,1-2,5-8,11-15H2. The molecule has 8 heteroatoms. The highest BCUT2D eigenvalue weighted by atomic mass is 16.3.